The van der Waals surface area contributed by atoms with Crippen LogP contribution in [-0.2, 0) is 17.7 Å². The number of anilines is 1. The number of benzene rings is 1. The number of nitrogens with one attached hydrogen (secondary N) is 1. The van der Waals surface area contributed by atoms with Crippen LogP contribution in [0.1, 0.15) is 17.3 Å². The second kappa shape index (κ2) is 5.35. The number of para-hydroxylation sites is 1. The van der Waals surface area contributed by atoms with Crippen molar-refractivity contribution < 1.29 is 4.74 Å². The zero-order valence-corrected chi connectivity index (χ0v) is 12.4. The Bertz CT molecular complexity index is 557. The second-order valence-corrected chi connectivity index (χ2v) is 5.51. The maximum Gasteiger partial charge on any atom is 0.0753 e. The fourth-order valence-electron chi connectivity index (χ4n) is 2.54. The number of hydrogen-bond donors (Lipinski definition) is 1. The summed E-state index contributed by atoms with van der Waals surface area (Å²) < 4.78 is 8.20. The van der Waals surface area contributed by atoms with Gasteiger partial charge in [0.2, 0.25) is 0 Å². The molecule has 4 nitrogen and oxygen atoms in total. The van der Waals surface area contributed by atoms with Crippen molar-refractivity contribution in [1.29, 1.82) is 0 Å². The molecule has 0 aliphatic carbocycles. The zero-order chi connectivity index (χ0) is 13.2. The largest absolute Gasteiger partial charge is 0.383 e. The van der Waals surface area contributed by atoms with Crippen LogP contribution < -0.4 is 5.32 Å². The van der Waals surface area contributed by atoms with E-state index < -0.39 is 0 Å². The molecule has 1 N–H and O–H groups in total. The number of ether oxygens (including phenoxy) is 1. The third-order valence-electron chi connectivity index (χ3n) is 3.44. The van der Waals surface area contributed by atoms with Crippen LogP contribution in [0.5, 0.6) is 0 Å². The van der Waals surface area contributed by atoms with E-state index in [2.05, 4.69) is 50.6 Å². The van der Waals surface area contributed by atoms with Crippen LogP contribution in [0, 0.1) is 0 Å². The van der Waals surface area contributed by atoms with Gasteiger partial charge in [-0.1, -0.05) is 18.2 Å². The molecule has 0 saturated heterocycles. The predicted octanol–water partition coefficient (Wildman–Crippen LogP) is 3.00. The molecule has 1 aliphatic heterocycles. The van der Waals surface area contributed by atoms with Crippen molar-refractivity contribution in [3.8, 4) is 0 Å². The van der Waals surface area contributed by atoms with Crippen molar-refractivity contribution in [1.82, 2.24) is 9.78 Å². The minimum Gasteiger partial charge on any atom is -0.383 e. The molecule has 1 aromatic carbocycles. The SMILES string of the molecule is COCCn1ncc(Br)c1C1Cc2ccccc2N1. The molecule has 19 heavy (non-hydrogen) atoms. The molecule has 0 spiro atoms. The average Bonchev–Trinajstić information content (AvgIpc) is 2.99. The molecule has 100 valence electrons. The van der Waals surface area contributed by atoms with Gasteiger partial charge in [0.1, 0.15) is 0 Å². The van der Waals surface area contributed by atoms with Crippen LogP contribution >= 0.6 is 15.9 Å². The monoisotopic (exact) mass is 321 g/mol. The van der Waals surface area contributed by atoms with Gasteiger partial charge in [-0.25, -0.2) is 0 Å². The predicted molar refractivity (Wildman–Crippen MR) is 78.3 cm³/mol. The van der Waals surface area contributed by atoms with Crippen LogP contribution in [0.25, 0.3) is 0 Å². The topological polar surface area (TPSA) is 39.1 Å². The highest BCUT2D eigenvalue weighted by atomic mass is 79.9. The van der Waals surface area contributed by atoms with Crippen molar-refractivity contribution in [2.75, 3.05) is 19.0 Å². The first-order chi connectivity index (χ1) is 9.29. The quantitative estimate of drug-likeness (QED) is 0.940. The van der Waals surface area contributed by atoms with E-state index in [-0.39, 0.29) is 6.04 Å². The molecule has 0 radical (unpaired) electrons. The van der Waals surface area contributed by atoms with Gasteiger partial charge in [-0.2, -0.15) is 5.10 Å². The van der Waals surface area contributed by atoms with E-state index in [0.29, 0.717) is 6.61 Å². The smallest absolute Gasteiger partial charge is 0.0753 e. The lowest BCUT2D eigenvalue weighted by atomic mass is 10.1. The Labute approximate surface area is 120 Å². The van der Waals surface area contributed by atoms with Gasteiger partial charge in [0.05, 0.1) is 35.6 Å². The standard InChI is InChI=1S/C14H16BrN3O/c1-19-7-6-18-14(11(15)9-16-18)13-8-10-4-2-3-5-12(10)17-13/h2-5,9,13,17H,6-8H2,1H3. The van der Waals surface area contributed by atoms with Crippen LogP contribution in [0.3, 0.4) is 0 Å². The van der Waals surface area contributed by atoms with Gasteiger partial charge in [-0.05, 0) is 27.6 Å². The van der Waals surface area contributed by atoms with Gasteiger partial charge in [0.15, 0.2) is 0 Å². The summed E-state index contributed by atoms with van der Waals surface area (Å²) >= 11 is 3.60. The average molecular weight is 322 g/mol. The molecule has 1 aliphatic rings. The van der Waals surface area contributed by atoms with Crippen LogP contribution in [0.4, 0.5) is 5.69 Å². The van der Waals surface area contributed by atoms with Gasteiger partial charge in [0, 0.05) is 19.2 Å². The highest BCUT2D eigenvalue weighted by Gasteiger charge is 2.26. The normalized spacial score (nSPS) is 17.3. The van der Waals surface area contributed by atoms with Crippen LogP contribution in [-0.4, -0.2) is 23.5 Å². The fourth-order valence-corrected chi connectivity index (χ4v) is 3.11. The molecule has 0 saturated carbocycles. The van der Waals surface area contributed by atoms with Crippen molar-refractivity contribution in [3.05, 3.63) is 46.2 Å². The van der Waals surface area contributed by atoms with Crippen molar-refractivity contribution in [2.45, 2.75) is 19.0 Å². The van der Waals surface area contributed by atoms with E-state index in [1.54, 1.807) is 7.11 Å². The second-order valence-electron chi connectivity index (χ2n) is 4.65. The summed E-state index contributed by atoms with van der Waals surface area (Å²) in [5, 5.41) is 7.97. The summed E-state index contributed by atoms with van der Waals surface area (Å²) in [6, 6.07) is 8.71. The third kappa shape index (κ3) is 2.40. The highest BCUT2D eigenvalue weighted by molar-refractivity contribution is 9.10. The molecule has 1 unspecified atom stereocenters. The van der Waals surface area contributed by atoms with E-state index in [9.17, 15) is 0 Å². The number of aromatic nitrogens is 2. The van der Waals surface area contributed by atoms with Gasteiger partial charge >= 0.3 is 0 Å². The molecule has 3 rings (SSSR count). The zero-order valence-electron chi connectivity index (χ0n) is 10.8. The number of fused-ring (bicyclic) bond motifs is 1. The van der Waals surface area contributed by atoms with Gasteiger partial charge in [0.25, 0.3) is 0 Å². The summed E-state index contributed by atoms with van der Waals surface area (Å²) in [6.07, 6.45) is 2.85. The van der Waals surface area contributed by atoms with Gasteiger partial charge < -0.3 is 10.1 Å². The number of halogens is 1. The molecule has 0 amide bonds. The molecule has 1 atom stereocenters. The Morgan fingerprint density at radius 2 is 2.32 bits per heavy atom. The van der Waals surface area contributed by atoms with E-state index in [1.807, 2.05) is 10.9 Å². The molecule has 0 bridgehead atoms. The van der Waals surface area contributed by atoms with E-state index in [1.165, 1.54) is 16.9 Å². The molecule has 2 aromatic rings. The maximum absolute atomic E-state index is 5.14. The minimum absolute atomic E-state index is 0.270. The summed E-state index contributed by atoms with van der Waals surface area (Å²) in [4.78, 5) is 0. The molecule has 5 heteroatoms. The lowest BCUT2D eigenvalue weighted by Crippen LogP contribution is -2.16. The van der Waals surface area contributed by atoms with E-state index in [4.69, 9.17) is 4.74 Å². The van der Waals surface area contributed by atoms with E-state index in [0.717, 1.165) is 17.4 Å². The molecule has 2 heterocycles. The molecule has 1 aromatic heterocycles. The Morgan fingerprint density at radius 3 is 3.11 bits per heavy atom. The summed E-state index contributed by atoms with van der Waals surface area (Å²) in [6.45, 7) is 1.44. The lowest BCUT2D eigenvalue weighted by Gasteiger charge is -2.15. The summed E-state index contributed by atoms with van der Waals surface area (Å²) in [7, 11) is 1.71. The first-order valence-electron chi connectivity index (χ1n) is 6.34. The molecular weight excluding hydrogens is 306 g/mol. The minimum atomic E-state index is 0.270. The molecule has 0 fully saturated rings. The Balaban J connectivity index is 1.86. The van der Waals surface area contributed by atoms with Gasteiger partial charge in [-0.15, -0.1) is 0 Å². The third-order valence-corrected chi connectivity index (χ3v) is 4.05. The number of hydrogen-bond acceptors (Lipinski definition) is 3. The summed E-state index contributed by atoms with van der Waals surface area (Å²) in [5.41, 5.74) is 3.77. The lowest BCUT2D eigenvalue weighted by molar-refractivity contribution is 0.182. The molecular formula is C14H16BrN3O. The number of rotatable bonds is 4. The number of nitrogens with zero attached hydrogens (tertiary/aromatic N) is 2. The van der Waals surface area contributed by atoms with Crippen molar-refractivity contribution in [2.24, 2.45) is 0 Å². The van der Waals surface area contributed by atoms with Crippen LogP contribution in [0.15, 0.2) is 34.9 Å². The first kappa shape index (κ1) is 12.7. The maximum atomic E-state index is 5.14. The Morgan fingerprint density at radius 1 is 1.47 bits per heavy atom. The van der Waals surface area contributed by atoms with Crippen LogP contribution in [0.2, 0.25) is 0 Å². The fraction of sp³-hybridized carbons (Fsp3) is 0.357. The summed E-state index contributed by atoms with van der Waals surface area (Å²) in [5.74, 6) is 0. The Hall–Kier alpha value is -1.33. The number of methoxy groups -OCH3 is 1. The van der Waals surface area contributed by atoms with Gasteiger partial charge in [-0.3, -0.25) is 4.68 Å². The first-order valence-corrected chi connectivity index (χ1v) is 7.13. The van der Waals surface area contributed by atoms with Crippen molar-refractivity contribution in [3.63, 3.8) is 0 Å². The van der Waals surface area contributed by atoms with E-state index >= 15 is 0 Å². The Kier molecular flexibility index (Phi) is 3.57. The van der Waals surface area contributed by atoms with Crippen molar-refractivity contribution >= 4 is 21.6 Å². The highest BCUT2D eigenvalue weighted by Crippen LogP contribution is 2.36.